The van der Waals surface area contributed by atoms with Crippen LogP contribution in [0, 0.1) is 5.82 Å². The molecule has 100 valence electrons. The minimum atomic E-state index is -0.349. The Kier molecular flexibility index (Phi) is 3.15. The molecule has 1 heterocycles. The lowest BCUT2D eigenvalue weighted by atomic mass is 10.2. The molecule has 0 bridgehead atoms. The number of nitrogens with zero attached hydrogens (tertiary/aromatic N) is 1. The van der Waals surface area contributed by atoms with Crippen molar-refractivity contribution in [2.24, 2.45) is 0 Å². The summed E-state index contributed by atoms with van der Waals surface area (Å²) >= 11 is 1.07. The standard InChI is InChI=1S/C14H10FN3OS/c15-10-3-1-2-4-12(10)20-14-17-11-6-5-8(16)7-9(11)13(19)18-14/h1-7H,16H2,(H,17,18,19). The first kappa shape index (κ1) is 12.7. The summed E-state index contributed by atoms with van der Waals surface area (Å²) in [7, 11) is 0. The Morgan fingerprint density at radius 2 is 2.00 bits per heavy atom. The van der Waals surface area contributed by atoms with Crippen molar-refractivity contribution in [2.45, 2.75) is 10.1 Å². The molecule has 0 fully saturated rings. The van der Waals surface area contributed by atoms with E-state index >= 15 is 0 Å². The predicted molar refractivity (Wildman–Crippen MR) is 77.3 cm³/mol. The Labute approximate surface area is 117 Å². The highest BCUT2D eigenvalue weighted by atomic mass is 32.2. The van der Waals surface area contributed by atoms with Gasteiger partial charge in [-0.25, -0.2) is 9.37 Å². The lowest BCUT2D eigenvalue weighted by Gasteiger charge is -2.04. The average Bonchev–Trinajstić information content (AvgIpc) is 2.42. The van der Waals surface area contributed by atoms with Crippen molar-refractivity contribution in [2.75, 3.05) is 5.73 Å². The van der Waals surface area contributed by atoms with Crippen LogP contribution in [0.1, 0.15) is 0 Å². The number of hydrogen-bond acceptors (Lipinski definition) is 4. The van der Waals surface area contributed by atoms with Gasteiger partial charge >= 0.3 is 0 Å². The molecule has 0 spiro atoms. The van der Waals surface area contributed by atoms with E-state index in [1.807, 2.05) is 0 Å². The Hall–Kier alpha value is -2.34. The van der Waals surface area contributed by atoms with Crippen LogP contribution < -0.4 is 11.3 Å². The van der Waals surface area contributed by atoms with E-state index < -0.39 is 0 Å². The molecule has 6 heteroatoms. The van der Waals surface area contributed by atoms with Crippen molar-refractivity contribution in [3.05, 3.63) is 58.6 Å². The van der Waals surface area contributed by atoms with Crippen LogP contribution in [-0.2, 0) is 0 Å². The number of benzene rings is 2. The number of H-pyrrole nitrogens is 1. The van der Waals surface area contributed by atoms with Gasteiger partial charge in [0.15, 0.2) is 5.16 Å². The Morgan fingerprint density at radius 1 is 1.20 bits per heavy atom. The van der Waals surface area contributed by atoms with Gasteiger partial charge in [0.05, 0.1) is 15.8 Å². The minimum Gasteiger partial charge on any atom is -0.399 e. The number of halogens is 1. The fourth-order valence-corrected chi connectivity index (χ4v) is 2.62. The summed E-state index contributed by atoms with van der Waals surface area (Å²) in [6, 6.07) is 11.2. The summed E-state index contributed by atoms with van der Waals surface area (Å²) in [5.74, 6) is -0.349. The molecule has 20 heavy (non-hydrogen) atoms. The monoisotopic (exact) mass is 287 g/mol. The molecule has 1 aromatic heterocycles. The molecule has 0 atom stereocenters. The number of hydrogen-bond donors (Lipinski definition) is 2. The summed E-state index contributed by atoms with van der Waals surface area (Å²) in [5, 5.41) is 0.764. The molecular weight excluding hydrogens is 277 g/mol. The van der Waals surface area contributed by atoms with E-state index in [2.05, 4.69) is 9.97 Å². The summed E-state index contributed by atoms with van der Waals surface area (Å²) in [5.41, 5.74) is 6.38. The normalized spacial score (nSPS) is 10.8. The molecule has 4 nitrogen and oxygen atoms in total. The molecule has 0 aliphatic heterocycles. The zero-order valence-corrected chi connectivity index (χ0v) is 11.1. The van der Waals surface area contributed by atoms with Crippen molar-refractivity contribution in [1.29, 1.82) is 0 Å². The number of nitrogen functional groups attached to an aromatic ring is 1. The van der Waals surface area contributed by atoms with Crippen molar-refractivity contribution in [3.63, 3.8) is 0 Å². The highest BCUT2D eigenvalue weighted by Gasteiger charge is 2.08. The maximum Gasteiger partial charge on any atom is 0.259 e. The summed E-state index contributed by atoms with van der Waals surface area (Å²) < 4.78 is 13.6. The maximum absolute atomic E-state index is 13.6. The number of nitrogens with one attached hydrogen (secondary N) is 1. The van der Waals surface area contributed by atoms with Crippen molar-refractivity contribution >= 4 is 28.4 Å². The van der Waals surface area contributed by atoms with E-state index in [1.54, 1.807) is 36.4 Å². The van der Waals surface area contributed by atoms with Crippen LogP contribution in [0.4, 0.5) is 10.1 Å². The molecule has 0 saturated carbocycles. The van der Waals surface area contributed by atoms with Gasteiger partial charge in [-0.2, -0.15) is 0 Å². The lowest BCUT2D eigenvalue weighted by molar-refractivity contribution is 0.601. The predicted octanol–water partition coefficient (Wildman–Crippen LogP) is 2.80. The van der Waals surface area contributed by atoms with Crippen LogP contribution in [0.2, 0.25) is 0 Å². The van der Waals surface area contributed by atoms with Crippen LogP contribution in [0.25, 0.3) is 10.9 Å². The van der Waals surface area contributed by atoms with Crippen LogP contribution >= 0.6 is 11.8 Å². The first-order valence-electron chi connectivity index (χ1n) is 5.85. The van der Waals surface area contributed by atoms with Crippen molar-refractivity contribution < 1.29 is 4.39 Å². The maximum atomic E-state index is 13.6. The van der Waals surface area contributed by atoms with Crippen LogP contribution in [-0.4, -0.2) is 9.97 Å². The molecule has 3 N–H and O–H groups in total. The highest BCUT2D eigenvalue weighted by molar-refractivity contribution is 7.99. The van der Waals surface area contributed by atoms with E-state index in [-0.39, 0.29) is 11.4 Å². The molecule has 3 aromatic rings. The van der Waals surface area contributed by atoms with Gasteiger partial charge in [0.1, 0.15) is 5.82 Å². The van der Waals surface area contributed by atoms with E-state index in [4.69, 9.17) is 5.73 Å². The lowest BCUT2D eigenvalue weighted by Crippen LogP contribution is -2.09. The number of aromatic amines is 1. The van der Waals surface area contributed by atoms with Gasteiger partial charge in [0.25, 0.3) is 5.56 Å². The second-order valence-corrected chi connectivity index (χ2v) is 5.21. The zero-order chi connectivity index (χ0) is 14.1. The minimum absolute atomic E-state index is 0.291. The van der Waals surface area contributed by atoms with E-state index in [0.29, 0.717) is 26.6 Å². The van der Waals surface area contributed by atoms with Gasteiger partial charge in [0.2, 0.25) is 0 Å². The summed E-state index contributed by atoms with van der Waals surface area (Å²) in [4.78, 5) is 19.3. The molecule has 3 rings (SSSR count). The number of aromatic nitrogens is 2. The van der Waals surface area contributed by atoms with Gasteiger partial charge < -0.3 is 10.7 Å². The van der Waals surface area contributed by atoms with Gasteiger partial charge in [0, 0.05) is 5.69 Å². The molecule has 2 aromatic carbocycles. The van der Waals surface area contributed by atoms with E-state index in [0.717, 1.165) is 11.8 Å². The first-order valence-corrected chi connectivity index (χ1v) is 6.67. The fraction of sp³-hybridized carbons (Fsp3) is 0. The third-order valence-corrected chi connectivity index (χ3v) is 3.69. The van der Waals surface area contributed by atoms with E-state index in [1.165, 1.54) is 6.07 Å². The topological polar surface area (TPSA) is 71.8 Å². The van der Waals surface area contributed by atoms with Crippen LogP contribution in [0.5, 0.6) is 0 Å². The van der Waals surface area contributed by atoms with Crippen molar-refractivity contribution in [3.8, 4) is 0 Å². The molecular formula is C14H10FN3OS. The van der Waals surface area contributed by atoms with E-state index in [9.17, 15) is 9.18 Å². The quantitative estimate of drug-likeness (QED) is 0.561. The Morgan fingerprint density at radius 3 is 2.80 bits per heavy atom. The van der Waals surface area contributed by atoms with Gasteiger partial charge in [-0.15, -0.1) is 0 Å². The van der Waals surface area contributed by atoms with Crippen LogP contribution in [0.15, 0.2) is 57.3 Å². The number of anilines is 1. The molecule has 0 amide bonds. The molecule has 0 radical (unpaired) electrons. The Bertz CT molecular complexity index is 847. The average molecular weight is 287 g/mol. The number of nitrogens with two attached hydrogens (primary N) is 1. The second-order valence-electron chi connectivity index (χ2n) is 4.18. The van der Waals surface area contributed by atoms with Gasteiger partial charge in [-0.3, -0.25) is 4.79 Å². The third kappa shape index (κ3) is 2.37. The summed E-state index contributed by atoms with van der Waals surface area (Å²) in [6.07, 6.45) is 0. The second kappa shape index (κ2) is 4.97. The smallest absolute Gasteiger partial charge is 0.259 e. The van der Waals surface area contributed by atoms with Crippen LogP contribution in [0.3, 0.4) is 0 Å². The first-order chi connectivity index (χ1) is 9.63. The highest BCUT2D eigenvalue weighted by Crippen LogP contribution is 2.27. The summed E-state index contributed by atoms with van der Waals surface area (Å²) in [6.45, 7) is 0. The van der Waals surface area contributed by atoms with Crippen molar-refractivity contribution in [1.82, 2.24) is 9.97 Å². The fourth-order valence-electron chi connectivity index (χ4n) is 1.81. The number of rotatable bonds is 2. The molecule has 0 unspecified atom stereocenters. The molecule has 0 saturated heterocycles. The Balaban J connectivity index is 2.08. The van der Waals surface area contributed by atoms with Gasteiger partial charge in [-0.1, -0.05) is 12.1 Å². The molecule has 0 aliphatic rings. The SMILES string of the molecule is Nc1ccc2nc(Sc3ccccc3F)[nH]c(=O)c2c1. The third-order valence-electron chi connectivity index (χ3n) is 2.75. The molecule has 0 aliphatic carbocycles. The van der Waals surface area contributed by atoms with Gasteiger partial charge in [-0.05, 0) is 42.1 Å². The largest absolute Gasteiger partial charge is 0.399 e. The number of fused-ring (bicyclic) bond motifs is 1. The zero-order valence-electron chi connectivity index (χ0n) is 10.3.